The van der Waals surface area contributed by atoms with Gasteiger partial charge in [-0.2, -0.15) is 13.2 Å². The topological polar surface area (TPSA) is 76.0 Å². The molecule has 1 aromatic heterocycles. The van der Waals surface area contributed by atoms with Crippen LogP contribution in [0.1, 0.15) is 30.2 Å². The van der Waals surface area contributed by atoms with Crippen molar-refractivity contribution in [2.24, 2.45) is 5.92 Å². The molecule has 180 valence electrons. The van der Waals surface area contributed by atoms with Crippen molar-refractivity contribution in [3.05, 3.63) is 45.2 Å². The molecule has 0 saturated carbocycles. The second kappa shape index (κ2) is 10.0. The van der Waals surface area contributed by atoms with Gasteiger partial charge < -0.3 is 23.5 Å². The molecular weight excluding hydrogens is 467 g/mol. The number of fused-ring (bicyclic) bond motifs is 3. The van der Waals surface area contributed by atoms with Crippen molar-refractivity contribution in [2.75, 3.05) is 33.5 Å². The Hall–Kier alpha value is -2.72. The Morgan fingerprint density at radius 1 is 1.27 bits per heavy atom. The van der Waals surface area contributed by atoms with Gasteiger partial charge in [-0.3, -0.25) is 4.79 Å². The van der Waals surface area contributed by atoms with E-state index in [1.165, 1.54) is 25.4 Å². The average molecular weight is 490 g/mol. The van der Waals surface area contributed by atoms with Gasteiger partial charge in [-0.15, -0.1) is 0 Å². The van der Waals surface area contributed by atoms with E-state index in [9.17, 15) is 22.8 Å². The summed E-state index contributed by atoms with van der Waals surface area (Å²) in [5.74, 6) is -0.0671. The molecular formula is C22H23ClF3NO6. The summed E-state index contributed by atoms with van der Waals surface area (Å²) in [5.41, 5.74) is 0.403. The van der Waals surface area contributed by atoms with Gasteiger partial charge in [-0.05, 0) is 12.0 Å². The third-order valence-electron chi connectivity index (χ3n) is 5.08. The molecule has 11 heteroatoms. The van der Waals surface area contributed by atoms with Crippen molar-refractivity contribution in [3.8, 4) is 22.8 Å². The standard InChI is InChI=1S/C22H23ClF3NO6/c1-12(2)17-10-33-19-8-20(32-5-4-31-11-22(24,25)26)15(23)6-13(19)16-7-18(28)14(9-27(16)17)21(29)30-3/h6-9,12,17H,4-5,10-11H2,1-3H3/t17-/m0/s1. The number of halogens is 4. The van der Waals surface area contributed by atoms with E-state index in [0.717, 1.165) is 0 Å². The SMILES string of the molecule is COC(=O)c1cn2c(cc1=O)-c1cc(Cl)c(OCCOCC(F)(F)F)cc1OC[C@H]2C(C)C. The van der Waals surface area contributed by atoms with E-state index >= 15 is 0 Å². The Labute approximate surface area is 193 Å². The summed E-state index contributed by atoms with van der Waals surface area (Å²) in [5, 5.41) is 0.173. The van der Waals surface area contributed by atoms with Crippen molar-refractivity contribution in [1.82, 2.24) is 4.57 Å². The molecule has 1 atom stereocenters. The van der Waals surface area contributed by atoms with Crippen LogP contribution in [0.3, 0.4) is 0 Å². The van der Waals surface area contributed by atoms with Gasteiger partial charge in [-0.25, -0.2) is 4.79 Å². The minimum Gasteiger partial charge on any atom is -0.491 e. The third-order valence-corrected chi connectivity index (χ3v) is 5.38. The van der Waals surface area contributed by atoms with Gasteiger partial charge in [0.2, 0.25) is 0 Å². The monoisotopic (exact) mass is 489 g/mol. The van der Waals surface area contributed by atoms with E-state index in [2.05, 4.69) is 4.74 Å². The Balaban J connectivity index is 1.94. The number of ether oxygens (including phenoxy) is 4. The maximum absolute atomic E-state index is 12.6. The van der Waals surface area contributed by atoms with E-state index in [4.69, 9.17) is 25.8 Å². The predicted molar refractivity (Wildman–Crippen MR) is 114 cm³/mol. The molecule has 1 aliphatic rings. The van der Waals surface area contributed by atoms with Crippen molar-refractivity contribution >= 4 is 17.6 Å². The van der Waals surface area contributed by atoms with Gasteiger partial charge in [0.25, 0.3) is 0 Å². The van der Waals surface area contributed by atoms with Gasteiger partial charge in [0.15, 0.2) is 5.43 Å². The maximum Gasteiger partial charge on any atom is 0.411 e. The van der Waals surface area contributed by atoms with Crippen LogP contribution in [0.5, 0.6) is 11.5 Å². The zero-order chi connectivity index (χ0) is 24.3. The normalized spacial score (nSPS) is 15.3. The quantitative estimate of drug-likeness (QED) is 0.421. The van der Waals surface area contributed by atoms with Crippen molar-refractivity contribution < 1.29 is 36.9 Å². The molecule has 0 unspecified atom stereocenters. The largest absolute Gasteiger partial charge is 0.491 e. The molecule has 0 saturated heterocycles. The third kappa shape index (κ3) is 5.80. The van der Waals surface area contributed by atoms with Gasteiger partial charge >= 0.3 is 12.1 Å². The van der Waals surface area contributed by atoms with Gasteiger partial charge in [0, 0.05) is 23.9 Å². The van der Waals surface area contributed by atoms with E-state index in [1.54, 1.807) is 10.6 Å². The van der Waals surface area contributed by atoms with E-state index in [-0.39, 0.29) is 48.1 Å². The second-order valence-corrected chi connectivity index (χ2v) is 8.16. The average Bonchev–Trinajstić information content (AvgIpc) is 2.88. The number of aromatic nitrogens is 1. The molecule has 3 rings (SSSR count). The molecule has 0 N–H and O–H groups in total. The molecule has 0 aliphatic carbocycles. The first-order chi connectivity index (χ1) is 15.5. The second-order valence-electron chi connectivity index (χ2n) is 7.75. The highest BCUT2D eigenvalue weighted by Gasteiger charge is 2.29. The number of hydrogen-bond acceptors (Lipinski definition) is 6. The van der Waals surface area contributed by atoms with Gasteiger partial charge in [0.1, 0.15) is 36.9 Å². The van der Waals surface area contributed by atoms with Crippen LogP contribution in [0.25, 0.3) is 11.3 Å². The van der Waals surface area contributed by atoms with Crippen molar-refractivity contribution in [2.45, 2.75) is 26.1 Å². The molecule has 1 aromatic carbocycles. The smallest absolute Gasteiger partial charge is 0.411 e. The van der Waals surface area contributed by atoms with Gasteiger partial charge in [0.05, 0.1) is 30.5 Å². The van der Waals surface area contributed by atoms with E-state index < -0.39 is 24.2 Å². The number of pyridine rings is 1. The molecule has 0 fully saturated rings. The summed E-state index contributed by atoms with van der Waals surface area (Å²) in [6.07, 6.45) is -2.95. The van der Waals surface area contributed by atoms with Crippen LogP contribution in [0.2, 0.25) is 5.02 Å². The minimum absolute atomic E-state index is 0.0861. The summed E-state index contributed by atoms with van der Waals surface area (Å²) in [6.45, 7) is 2.39. The molecule has 0 radical (unpaired) electrons. The number of nitrogens with zero attached hydrogens (tertiary/aromatic N) is 1. The lowest BCUT2D eigenvalue weighted by molar-refractivity contribution is -0.175. The first kappa shape index (κ1) is 24.9. The summed E-state index contributed by atoms with van der Waals surface area (Å²) < 4.78 is 59.0. The highest BCUT2D eigenvalue weighted by atomic mass is 35.5. The van der Waals surface area contributed by atoms with Crippen LogP contribution < -0.4 is 14.9 Å². The Morgan fingerprint density at radius 3 is 2.64 bits per heavy atom. The van der Waals surface area contributed by atoms with Crippen LogP contribution in [0.4, 0.5) is 13.2 Å². The van der Waals surface area contributed by atoms with Crippen LogP contribution >= 0.6 is 11.6 Å². The summed E-state index contributed by atoms with van der Waals surface area (Å²) in [7, 11) is 1.20. The molecule has 0 spiro atoms. The van der Waals surface area contributed by atoms with Crippen LogP contribution in [0.15, 0.2) is 29.2 Å². The van der Waals surface area contributed by atoms with E-state index in [0.29, 0.717) is 17.0 Å². The number of methoxy groups -OCH3 is 1. The molecule has 2 heterocycles. The fourth-order valence-electron chi connectivity index (χ4n) is 3.44. The molecule has 7 nitrogen and oxygen atoms in total. The van der Waals surface area contributed by atoms with Gasteiger partial charge in [-0.1, -0.05) is 25.4 Å². The Morgan fingerprint density at radius 2 is 2.00 bits per heavy atom. The summed E-state index contributed by atoms with van der Waals surface area (Å²) in [6, 6.07) is 4.19. The number of alkyl halides is 3. The highest BCUT2D eigenvalue weighted by molar-refractivity contribution is 6.32. The van der Waals surface area contributed by atoms with Crippen molar-refractivity contribution in [3.63, 3.8) is 0 Å². The lowest BCUT2D eigenvalue weighted by Gasteiger charge is -2.24. The zero-order valence-corrected chi connectivity index (χ0v) is 19.0. The number of benzene rings is 1. The highest BCUT2D eigenvalue weighted by Crippen LogP contribution is 2.42. The number of esters is 1. The number of carbonyl (C=O) groups is 1. The first-order valence-corrected chi connectivity index (χ1v) is 10.5. The minimum atomic E-state index is -4.41. The summed E-state index contributed by atoms with van der Waals surface area (Å²) >= 11 is 6.35. The predicted octanol–water partition coefficient (Wildman–Crippen LogP) is 4.50. The fraction of sp³-hybridized carbons (Fsp3) is 0.455. The summed E-state index contributed by atoms with van der Waals surface area (Å²) in [4.78, 5) is 24.7. The van der Waals surface area contributed by atoms with Crippen molar-refractivity contribution in [1.29, 1.82) is 0 Å². The molecule has 1 aliphatic heterocycles. The Bertz CT molecular complexity index is 1080. The maximum atomic E-state index is 12.6. The lowest BCUT2D eigenvalue weighted by Crippen LogP contribution is -2.26. The number of carbonyl (C=O) groups excluding carboxylic acids is 1. The van der Waals surface area contributed by atoms with E-state index in [1.807, 2.05) is 13.8 Å². The Kier molecular flexibility index (Phi) is 7.58. The van der Waals surface area contributed by atoms with Crippen LogP contribution in [-0.2, 0) is 9.47 Å². The molecule has 2 aromatic rings. The lowest BCUT2D eigenvalue weighted by atomic mass is 10.0. The first-order valence-electron chi connectivity index (χ1n) is 10.1. The molecule has 0 bridgehead atoms. The van der Waals surface area contributed by atoms with Crippen LogP contribution in [-0.4, -0.2) is 50.3 Å². The molecule has 33 heavy (non-hydrogen) atoms. The number of rotatable bonds is 7. The fourth-order valence-corrected chi connectivity index (χ4v) is 3.65. The zero-order valence-electron chi connectivity index (χ0n) is 18.2. The van der Waals surface area contributed by atoms with Crippen LogP contribution in [0, 0.1) is 5.92 Å². The number of hydrogen-bond donors (Lipinski definition) is 0. The molecule has 0 amide bonds.